The summed E-state index contributed by atoms with van der Waals surface area (Å²) in [7, 11) is 0. The zero-order chi connectivity index (χ0) is 3.58. The van der Waals surface area contributed by atoms with Crippen LogP contribution in [-0.2, 0) is 6.71 Å². The summed E-state index contributed by atoms with van der Waals surface area (Å²) >= 11 is -4.48. The molecule has 0 unspecified atom stereocenters. The molecule has 0 aliphatic heterocycles. The van der Waals surface area contributed by atoms with Crippen LogP contribution in [0.25, 0.3) is 0 Å². The Hall–Kier alpha value is 0.372. The molecule has 0 aromatic rings. The van der Waals surface area contributed by atoms with Crippen molar-refractivity contribution in [1.29, 1.82) is 0 Å². The van der Waals surface area contributed by atoms with E-state index < -0.39 is 26.2 Å². The zero-order valence-corrected chi connectivity index (χ0v) is 6.89. The summed E-state index contributed by atoms with van der Waals surface area (Å²) in [5, 5.41) is 0. The molecule has 0 fully saturated rings. The van der Waals surface area contributed by atoms with E-state index in [9.17, 15) is 0 Å². The van der Waals surface area contributed by atoms with Crippen LogP contribution in [0.4, 0.5) is 0 Å². The molecule has 0 heterocycles. The van der Waals surface area contributed by atoms with Crippen molar-refractivity contribution in [1.82, 2.24) is 0 Å². The summed E-state index contributed by atoms with van der Waals surface area (Å²) in [6.45, 7) is 0. The first-order valence-corrected chi connectivity index (χ1v) is 5.71. The third-order valence-electron chi connectivity index (χ3n) is 0. The van der Waals surface area contributed by atoms with Crippen molar-refractivity contribution >= 4 is 0 Å². The summed E-state index contributed by atoms with van der Waals surface area (Å²) in [5.74, 6) is 0. The molecule has 5 nitrogen and oxygen atoms in total. The first-order valence-electron chi connectivity index (χ1n) is 0.612. The second kappa shape index (κ2) is 9.03. The Bertz CT molecular complexity index is 73.3. The molecule has 0 spiro atoms. The van der Waals surface area contributed by atoms with Crippen LogP contribution in [0.5, 0.6) is 0 Å². The quantitative estimate of drug-likeness (QED) is 0.513. The third-order valence-corrected chi connectivity index (χ3v) is 0. The van der Waals surface area contributed by atoms with Gasteiger partial charge in [-0.1, -0.05) is 0 Å². The van der Waals surface area contributed by atoms with Crippen LogP contribution in [0.1, 0.15) is 0 Å². The predicted octanol–water partition coefficient (Wildman–Crippen LogP) is -2.01. The molecule has 0 aliphatic carbocycles. The SMILES string of the molecule is O.O.[O]=[U](=[O])=[O]. The molecule has 0 atom stereocenters. The van der Waals surface area contributed by atoms with E-state index in [0.717, 1.165) is 0 Å². The summed E-state index contributed by atoms with van der Waals surface area (Å²) in [5.41, 5.74) is 0. The van der Waals surface area contributed by atoms with Crippen molar-refractivity contribution in [3.05, 3.63) is 0 Å². The van der Waals surface area contributed by atoms with Gasteiger partial charge in [-0.25, -0.2) is 0 Å². The van der Waals surface area contributed by atoms with E-state index in [1.54, 1.807) is 0 Å². The van der Waals surface area contributed by atoms with Gasteiger partial charge in [-0.05, 0) is 0 Å². The average Bonchev–Trinajstić information content (AvgIpc) is 0.811. The number of rotatable bonds is 0. The summed E-state index contributed by atoms with van der Waals surface area (Å²) < 4.78 is 25.9. The standard InChI is InChI=1S/2H2O.3O.U/h2*1H2;;;;. The Morgan fingerprint density at radius 2 is 0.833 bits per heavy atom. The Kier molecular flexibility index (Phi) is 24.3. The molecule has 0 amide bonds. The molecule has 6 heteroatoms. The van der Waals surface area contributed by atoms with Crippen molar-refractivity contribution in [2.45, 2.75) is 0 Å². The zero-order valence-electron chi connectivity index (χ0n) is 2.72. The average molecular weight is 322 g/mol. The fourth-order valence-electron chi connectivity index (χ4n) is 0. The van der Waals surface area contributed by atoms with Crippen LogP contribution in [0.15, 0.2) is 0 Å². The minimum atomic E-state index is -4.48. The normalized spacial score (nSPS) is 4.00. The van der Waals surface area contributed by atoms with Crippen LogP contribution >= 0.6 is 0 Å². The van der Waals surface area contributed by atoms with Gasteiger partial charge in [0.2, 0.25) is 0 Å². The van der Waals surface area contributed by atoms with Gasteiger partial charge < -0.3 is 11.0 Å². The fraction of sp³-hybridized carbons (Fsp3) is 0. The Balaban J connectivity index is -0.0000000450. The van der Waals surface area contributed by atoms with Crippen molar-refractivity contribution in [3.63, 3.8) is 0 Å². The van der Waals surface area contributed by atoms with Gasteiger partial charge >= 0.3 is 32.9 Å². The second-order valence-corrected chi connectivity index (χ2v) is 2.33. The molecular weight excluding hydrogens is 318 g/mol. The van der Waals surface area contributed by atoms with E-state index in [4.69, 9.17) is 6.71 Å². The molecule has 6 heavy (non-hydrogen) atoms. The van der Waals surface area contributed by atoms with E-state index in [1.165, 1.54) is 0 Å². The van der Waals surface area contributed by atoms with E-state index in [0.29, 0.717) is 0 Å². The van der Waals surface area contributed by atoms with Crippen LogP contribution in [0.2, 0.25) is 0 Å². The molecule has 38 valence electrons. The Labute approximate surface area is 44.0 Å². The molecule has 0 radical (unpaired) electrons. The van der Waals surface area contributed by atoms with Gasteiger partial charge in [-0.2, -0.15) is 0 Å². The summed E-state index contributed by atoms with van der Waals surface area (Å²) in [4.78, 5) is 0. The maximum atomic E-state index is 8.64. The van der Waals surface area contributed by atoms with E-state index in [-0.39, 0.29) is 11.0 Å². The van der Waals surface area contributed by atoms with E-state index in [1.807, 2.05) is 0 Å². The van der Waals surface area contributed by atoms with E-state index >= 15 is 0 Å². The van der Waals surface area contributed by atoms with Crippen LogP contribution in [0, 0.1) is 26.2 Å². The van der Waals surface area contributed by atoms with Gasteiger partial charge in [-0.15, -0.1) is 0 Å². The van der Waals surface area contributed by atoms with Gasteiger partial charge in [0.15, 0.2) is 0 Å². The summed E-state index contributed by atoms with van der Waals surface area (Å²) in [6, 6.07) is 0. The molecule has 0 saturated carbocycles. The van der Waals surface area contributed by atoms with Gasteiger partial charge in [-0.3, -0.25) is 0 Å². The Morgan fingerprint density at radius 3 is 0.833 bits per heavy atom. The van der Waals surface area contributed by atoms with Crippen molar-refractivity contribution < 1.29 is 43.8 Å². The molecular formula is H4O5U. The van der Waals surface area contributed by atoms with Crippen LogP contribution < -0.4 is 0 Å². The number of hydrogen-bond donors (Lipinski definition) is 0. The third kappa shape index (κ3) is 359. The number of hydrogen-bond acceptors (Lipinski definition) is 3. The first kappa shape index (κ1) is 16.2. The van der Waals surface area contributed by atoms with Crippen molar-refractivity contribution in [2.75, 3.05) is 0 Å². The summed E-state index contributed by atoms with van der Waals surface area (Å²) in [6.07, 6.45) is 0. The Morgan fingerprint density at radius 1 is 0.833 bits per heavy atom. The first-order chi connectivity index (χ1) is 1.73. The maximum absolute atomic E-state index is 8.64. The van der Waals surface area contributed by atoms with Crippen molar-refractivity contribution in [3.8, 4) is 0 Å². The van der Waals surface area contributed by atoms with Gasteiger partial charge in [0.25, 0.3) is 0 Å². The second-order valence-electron chi connectivity index (χ2n) is 0.250. The van der Waals surface area contributed by atoms with Gasteiger partial charge in [0.05, 0.1) is 0 Å². The molecule has 0 rings (SSSR count). The van der Waals surface area contributed by atoms with Gasteiger partial charge in [0.1, 0.15) is 0 Å². The van der Waals surface area contributed by atoms with Gasteiger partial charge in [0, 0.05) is 0 Å². The topological polar surface area (TPSA) is 114 Å². The molecule has 0 saturated heterocycles. The minimum absolute atomic E-state index is 0. The van der Waals surface area contributed by atoms with Crippen LogP contribution in [0.3, 0.4) is 0 Å². The molecule has 0 aromatic heterocycles. The van der Waals surface area contributed by atoms with Crippen molar-refractivity contribution in [2.24, 2.45) is 0 Å². The molecule has 0 aromatic carbocycles. The monoisotopic (exact) mass is 322 g/mol. The molecule has 0 bridgehead atoms. The molecule has 0 aliphatic rings. The van der Waals surface area contributed by atoms with Crippen LogP contribution in [-0.4, -0.2) is 11.0 Å². The van der Waals surface area contributed by atoms with E-state index in [2.05, 4.69) is 0 Å². The predicted molar refractivity (Wildman–Crippen MR) is 9.29 cm³/mol. The molecule has 4 N–H and O–H groups in total. The fourth-order valence-corrected chi connectivity index (χ4v) is 0.